The average Bonchev–Trinajstić information content (AvgIpc) is 3.09. The monoisotopic (exact) mass is 384 g/mol. The molecule has 6 heteroatoms. The van der Waals surface area contributed by atoms with Crippen molar-refractivity contribution in [3.05, 3.63) is 0 Å². The molecule has 0 saturated heterocycles. The largest absolute Gasteiger partial charge is 0.460 e. The molecule has 0 aromatic carbocycles. The second-order valence-electron chi connectivity index (χ2n) is 10.1. The summed E-state index contributed by atoms with van der Waals surface area (Å²) in [6.07, 6.45) is 1.81. The number of carbonyl (C=O) groups excluding carboxylic acids is 2. The standard InChI is InChI=1S/C21H36O6/c1-8-19(2,3)18(23)26-11-15(22)27-14-10-12-9-13(14)17(21(6,7)25)16(12)20(4,5)24/h12-14,16-17,24-25H,8-11H2,1-7H3. The van der Waals surface area contributed by atoms with Crippen LogP contribution < -0.4 is 0 Å². The number of rotatable bonds is 7. The van der Waals surface area contributed by atoms with Crippen molar-refractivity contribution in [1.82, 2.24) is 0 Å². The number of fused-ring (bicyclic) bond motifs is 2. The molecule has 2 N–H and O–H groups in total. The molecular formula is C21H36O6. The minimum atomic E-state index is -0.979. The molecule has 2 bridgehead atoms. The number of hydrogen-bond acceptors (Lipinski definition) is 6. The molecule has 2 aliphatic rings. The van der Waals surface area contributed by atoms with Crippen LogP contribution >= 0.6 is 0 Å². The van der Waals surface area contributed by atoms with Crippen molar-refractivity contribution in [3.63, 3.8) is 0 Å². The van der Waals surface area contributed by atoms with Crippen molar-refractivity contribution in [1.29, 1.82) is 0 Å². The summed E-state index contributed by atoms with van der Waals surface area (Å²) in [6, 6.07) is 0. The van der Waals surface area contributed by atoms with Crippen molar-refractivity contribution < 1.29 is 29.3 Å². The number of carbonyl (C=O) groups is 2. The van der Waals surface area contributed by atoms with Gasteiger partial charge in [0.15, 0.2) is 6.61 Å². The Labute approximate surface area is 162 Å². The zero-order valence-electron chi connectivity index (χ0n) is 17.7. The normalized spacial score (nSPS) is 31.1. The lowest BCUT2D eigenvalue weighted by Gasteiger charge is -2.46. The Bertz CT molecular complexity index is 568. The highest BCUT2D eigenvalue weighted by Crippen LogP contribution is 2.59. The van der Waals surface area contributed by atoms with Crippen molar-refractivity contribution >= 4 is 11.9 Å². The van der Waals surface area contributed by atoms with Crippen LogP contribution in [-0.4, -0.2) is 46.1 Å². The van der Waals surface area contributed by atoms with E-state index in [4.69, 9.17) is 9.47 Å². The Morgan fingerprint density at radius 1 is 0.963 bits per heavy atom. The molecule has 156 valence electrons. The first-order valence-corrected chi connectivity index (χ1v) is 10.00. The average molecular weight is 385 g/mol. The Kier molecular flexibility index (Phi) is 6.04. The molecule has 0 spiro atoms. The van der Waals surface area contributed by atoms with Gasteiger partial charge in [-0.15, -0.1) is 0 Å². The van der Waals surface area contributed by atoms with Gasteiger partial charge in [-0.25, -0.2) is 4.79 Å². The number of hydrogen-bond donors (Lipinski definition) is 2. The Morgan fingerprint density at radius 3 is 2.00 bits per heavy atom. The fourth-order valence-electron chi connectivity index (χ4n) is 5.08. The number of aliphatic hydroxyl groups is 2. The summed E-state index contributed by atoms with van der Waals surface area (Å²) < 4.78 is 10.7. The quantitative estimate of drug-likeness (QED) is 0.656. The third-order valence-electron chi connectivity index (χ3n) is 6.62. The van der Waals surface area contributed by atoms with E-state index in [9.17, 15) is 19.8 Å². The zero-order valence-corrected chi connectivity index (χ0v) is 17.7. The topological polar surface area (TPSA) is 93.1 Å². The van der Waals surface area contributed by atoms with E-state index in [1.165, 1.54) is 0 Å². The van der Waals surface area contributed by atoms with Crippen molar-refractivity contribution in [2.75, 3.05) is 6.61 Å². The van der Waals surface area contributed by atoms with Crippen LogP contribution in [0.15, 0.2) is 0 Å². The maximum atomic E-state index is 12.2. The number of esters is 2. The van der Waals surface area contributed by atoms with Crippen LogP contribution in [0.5, 0.6) is 0 Å². The Hall–Kier alpha value is -1.14. The summed E-state index contributed by atoms with van der Waals surface area (Å²) in [7, 11) is 0. The van der Waals surface area contributed by atoms with Gasteiger partial charge in [-0.1, -0.05) is 6.92 Å². The molecule has 6 nitrogen and oxygen atoms in total. The fourth-order valence-corrected chi connectivity index (χ4v) is 5.08. The minimum absolute atomic E-state index is 0.00170. The maximum Gasteiger partial charge on any atom is 0.344 e. The van der Waals surface area contributed by atoms with Gasteiger partial charge >= 0.3 is 11.9 Å². The summed E-state index contributed by atoms with van der Waals surface area (Å²) in [5.74, 6) is -0.964. The van der Waals surface area contributed by atoms with E-state index >= 15 is 0 Å². The van der Waals surface area contributed by atoms with E-state index in [2.05, 4.69) is 0 Å². The van der Waals surface area contributed by atoms with Crippen LogP contribution in [0.4, 0.5) is 0 Å². The molecule has 27 heavy (non-hydrogen) atoms. The lowest BCUT2D eigenvalue weighted by Crippen LogP contribution is -2.52. The molecule has 5 unspecified atom stereocenters. The predicted molar refractivity (Wildman–Crippen MR) is 101 cm³/mol. The molecule has 2 fully saturated rings. The van der Waals surface area contributed by atoms with Crippen LogP contribution in [0.3, 0.4) is 0 Å². The van der Waals surface area contributed by atoms with Crippen LogP contribution in [0.1, 0.15) is 67.7 Å². The van der Waals surface area contributed by atoms with Crippen molar-refractivity contribution in [2.24, 2.45) is 29.1 Å². The van der Waals surface area contributed by atoms with Gasteiger partial charge in [0.2, 0.25) is 0 Å². The molecule has 0 aromatic heterocycles. The minimum Gasteiger partial charge on any atom is -0.460 e. The summed E-state index contributed by atoms with van der Waals surface area (Å²) >= 11 is 0. The molecule has 0 aliphatic heterocycles. The Balaban J connectivity index is 2.00. The highest BCUT2D eigenvalue weighted by atomic mass is 16.6. The fraction of sp³-hybridized carbons (Fsp3) is 0.905. The van der Waals surface area contributed by atoms with Gasteiger partial charge in [0, 0.05) is 5.92 Å². The van der Waals surface area contributed by atoms with Gasteiger partial charge in [0.25, 0.3) is 0 Å². The lowest BCUT2D eigenvalue weighted by molar-refractivity contribution is -0.174. The molecule has 2 aliphatic carbocycles. The van der Waals surface area contributed by atoms with Gasteiger partial charge in [-0.3, -0.25) is 4.79 Å². The van der Waals surface area contributed by atoms with Crippen LogP contribution in [0, 0.1) is 29.1 Å². The van der Waals surface area contributed by atoms with E-state index < -0.39 is 35.2 Å². The lowest BCUT2D eigenvalue weighted by atomic mass is 9.65. The molecular weight excluding hydrogens is 348 g/mol. The summed E-state index contributed by atoms with van der Waals surface area (Å²) in [5, 5.41) is 21.3. The summed E-state index contributed by atoms with van der Waals surface area (Å²) in [4.78, 5) is 24.2. The highest BCUT2D eigenvalue weighted by Gasteiger charge is 2.61. The van der Waals surface area contributed by atoms with Gasteiger partial charge in [0.1, 0.15) is 6.10 Å². The van der Waals surface area contributed by atoms with E-state index in [0.717, 1.165) is 6.42 Å². The molecule has 5 atom stereocenters. The molecule has 0 heterocycles. The predicted octanol–water partition coefficient (Wildman–Crippen LogP) is 2.69. The van der Waals surface area contributed by atoms with Crippen molar-refractivity contribution in [2.45, 2.75) is 85.0 Å². The Morgan fingerprint density at radius 2 is 1.52 bits per heavy atom. The zero-order chi connectivity index (χ0) is 20.8. The van der Waals surface area contributed by atoms with E-state index in [1.807, 2.05) is 6.92 Å². The third-order valence-corrected chi connectivity index (χ3v) is 6.62. The van der Waals surface area contributed by atoms with Gasteiger partial charge in [-0.2, -0.15) is 0 Å². The molecule has 0 aromatic rings. The maximum absolute atomic E-state index is 12.2. The summed E-state index contributed by atoms with van der Waals surface area (Å²) in [5.41, 5.74) is -2.51. The van der Waals surface area contributed by atoms with E-state index in [-0.39, 0.29) is 29.8 Å². The first-order chi connectivity index (χ1) is 12.2. The second-order valence-corrected chi connectivity index (χ2v) is 10.1. The van der Waals surface area contributed by atoms with Crippen LogP contribution in [-0.2, 0) is 19.1 Å². The molecule has 0 radical (unpaired) electrons. The smallest absolute Gasteiger partial charge is 0.344 e. The first-order valence-electron chi connectivity index (χ1n) is 10.00. The second kappa shape index (κ2) is 7.36. The molecule has 2 rings (SSSR count). The summed E-state index contributed by atoms with van der Waals surface area (Å²) in [6.45, 7) is 12.1. The number of ether oxygens (including phenoxy) is 2. The van der Waals surface area contributed by atoms with Crippen LogP contribution in [0.2, 0.25) is 0 Å². The highest BCUT2D eigenvalue weighted by molar-refractivity contribution is 5.79. The van der Waals surface area contributed by atoms with Crippen LogP contribution in [0.25, 0.3) is 0 Å². The van der Waals surface area contributed by atoms with Crippen molar-refractivity contribution in [3.8, 4) is 0 Å². The van der Waals surface area contributed by atoms with Gasteiger partial charge in [0.05, 0.1) is 16.6 Å². The molecule has 0 amide bonds. The van der Waals surface area contributed by atoms with E-state index in [0.29, 0.717) is 12.8 Å². The third kappa shape index (κ3) is 4.65. The van der Waals surface area contributed by atoms with Gasteiger partial charge < -0.3 is 19.7 Å². The van der Waals surface area contributed by atoms with E-state index in [1.54, 1.807) is 41.5 Å². The molecule has 2 saturated carbocycles. The first kappa shape index (κ1) is 22.2. The SMILES string of the molecule is CCC(C)(C)C(=O)OCC(=O)OC1CC2CC1C(C(C)(C)O)C2C(C)(C)O. The van der Waals surface area contributed by atoms with Gasteiger partial charge in [-0.05, 0) is 78.6 Å².